The Morgan fingerprint density at radius 1 is 1.31 bits per heavy atom. The number of hydrogen-bond donors (Lipinski definition) is 1. The van der Waals surface area contributed by atoms with Gasteiger partial charge in [-0.25, -0.2) is 4.98 Å². The lowest BCUT2D eigenvalue weighted by molar-refractivity contribution is -0.384. The van der Waals surface area contributed by atoms with E-state index < -0.39 is 10.8 Å². The molecule has 0 aliphatic carbocycles. The molecule has 1 N–H and O–H groups in total. The van der Waals surface area contributed by atoms with Gasteiger partial charge >= 0.3 is 0 Å². The molecule has 2 aromatic carbocycles. The van der Waals surface area contributed by atoms with Crippen LogP contribution in [0.2, 0.25) is 0 Å². The molecule has 132 valence electrons. The number of halogens is 1. The Morgan fingerprint density at radius 2 is 2.12 bits per heavy atom. The number of anilines is 1. The van der Waals surface area contributed by atoms with E-state index in [4.69, 9.17) is 4.74 Å². The van der Waals surface area contributed by atoms with Gasteiger partial charge in [0.1, 0.15) is 5.75 Å². The van der Waals surface area contributed by atoms with Gasteiger partial charge in [0, 0.05) is 28.6 Å². The van der Waals surface area contributed by atoms with Crippen LogP contribution in [0.25, 0.3) is 11.3 Å². The highest BCUT2D eigenvalue weighted by molar-refractivity contribution is 9.10. The number of non-ortho nitro benzene ring substituents is 1. The average Bonchev–Trinajstić information content (AvgIpc) is 3.10. The first-order valence-corrected chi connectivity index (χ1v) is 9.00. The van der Waals surface area contributed by atoms with Gasteiger partial charge < -0.3 is 4.74 Å². The fraction of sp³-hybridized carbons (Fsp3) is 0.0588. The quantitative estimate of drug-likeness (QED) is 0.462. The molecule has 0 saturated heterocycles. The van der Waals surface area contributed by atoms with Crippen LogP contribution in [0.3, 0.4) is 0 Å². The monoisotopic (exact) mass is 433 g/mol. The van der Waals surface area contributed by atoms with Crippen molar-refractivity contribution in [3.8, 4) is 17.0 Å². The lowest BCUT2D eigenvalue weighted by Crippen LogP contribution is -2.11. The van der Waals surface area contributed by atoms with Crippen molar-refractivity contribution in [1.82, 2.24) is 4.98 Å². The molecular formula is C17H12BrN3O4S. The van der Waals surface area contributed by atoms with E-state index in [9.17, 15) is 14.9 Å². The van der Waals surface area contributed by atoms with Crippen LogP contribution in [0.5, 0.6) is 5.75 Å². The van der Waals surface area contributed by atoms with Crippen molar-refractivity contribution < 1.29 is 14.5 Å². The number of carbonyl (C=O) groups excluding carboxylic acids is 1. The van der Waals surface area contributed by atoms with Crippen molar-refractivity contribution >= 4 is 44.0 Å². The molecule has 0 saturated carbocycles. The fourth-order valence-corrected chi connectivity index (χ4v) is 3.47. The van der Waals surface area contributed by atoms with E-state index >= 15 is 0 Å². The Morgan fingerprint density at radius 3 is 2.81 bits per heavy atom. The second-order valence-electron chi connectivity index (χ2n) is 5.15. The molecule has 1 heterocycles. The first kappa shape index (κ1) is 18.0. The fourth-order valence-electron chi connectivity index (χ4n) is 2.22. The van der Waals surface area contributed by atoms with Crippen molar-refractivity contribution in [3.05, 3.63) is 68.0 Å². The summed E-state index contributed by atoms with van der Waals surface area (Å²) in [5.41, 5.74) is 1.63. The summed E-state index contributed by atoms with van der Waals surface area (Å²) in [5, 5.41) is 15.7. The summed E-state index contributed by atoms with van der Waals surface area (Å²) >= 11 is 4.70. The zero-order valence-corrected chi connectivity index (χ0v) is 15.8. The molecule has 9 heteroatoms. The van der Waals surface area contributed by atoms with E-state index in [-0.39, 0.29) is 11.3 Å². The number of methoxy groups -OCH3 is 1. The second kappa shape index (κ2) is 7.63. The number of nitrogens with zero attached hydrogens (tertiary/aromatic N) is 2. The Kier molecular flexibility index (Phi) is 5.29. The highest BCUT2D eigenvalue weighted by Gasteiger charge is 2.14. The number of amides is 1. The van der Waals surface area contributed by atoms with Crippen LogP contribution in [0, 0.1) is 10.1 Å². The largest absolute Gasteiger partial charge is 0.496 e. The summed E-state index contributed by atoms with van der Waals surface area (Å²) in [6.45, 7) is 0. The third-order valence-corrected chi connectivity index (χ3v) is 4.87. The molecule has 7 nitrogen and oxygen atoms in total. The average molecular weight is 434 g/mol. The molecule has 26 heavy (non-hydrogen) atoms. The Hall–Kier alpha value is -2.78. The molecule has 1 amide bonds. The van der Waals surface area contributed by atoms with Crippen LogP contribution in [0.4, 0.5) is 10.8 Å². The molecule has 0 bridgehead atoms. The number of ether oxygens (including phenoxy) is 1. The molecule has 0 spiro atoms. The Labute approximate surface area is 160 Å². The first-order valence-electron chi connectivity index (χ1n) is 7.33. The molecule has 0 unspecified atom stereocenters. The lowest BCUT2D eigenvalue weighted by atomic mass is 10.2. The Bertz CT molecular complexity index is 990. The number of hydrogen-bond acceptors (Lipinski definition) is 6. The minimum absolute atomic E-state index is 0.138. The number of rotatable bonds is 5. The summed E-state index contributed by atoms with van der Waals surface area (Å²) in [5.74, 6) is 0.258. The zero-order chi connectivity index (χ0) is 18.7. The lowest BCUT2D eigenvalue weighted by Gasteiger charge is -2.04. The van der Waals surface area contributed by atoms with Crippen LogP contribution in [0.15, 0.2) is 52.3 Å². The maximum atomic E-state index is 12.3. The standard InChI is InChI=1S/C17H12BrN3O4S/c1-25-15-6-5-10(8-13(15)18)14-9-26-17(19-14)20-16(22)11-3-2-4-12(7-11)21(23)24/h2-9H,1H3,(H,19,20,22). The molecule has 3 rings (SSSR count). The molecule has 0 aliphatic rings. The van der Waals surface area contributed by atoms with Gasteiger partial charge in [-0.1, -0.05) is 6.07 Å². The van der Waals surface area contributed by atoms with Gasteiger partial charge in [-0.05, 0) is 40.2 Å². The predicted molar refractivity (Wildman–Crippen MR) is 103 cm³/mol. The molecule has 0 fully saturated rings. The maximum Gasteiger partial charge on any atom is 0.270 e. The summed E-state index contributed by atoms with van der Waals surface area (Å²) < 4.78 is 6.00. The van der Waals surface area contributed by atoms with Gasteiger partial charge in [0.25, 0.3) is 11.6 Å². The van der Waals surface area contributed by atoms with Gasteiger partial charge in [0.2, 0.25) is 0 Å². The maximum absolute atomic E-state index is 12.3. The number of carbonyl (C=O) groups is 1. The number of aromatic nitrogens is 1. The highest BCUT2D eigenvalue weighted by Crippen LogP contribution is 2.32. The predicted octanol–water partition coefficient (Wildman–Crippen LogP) is 4.74. The Balaban J connectivity index is 1.78. The van der Waals surface area contributed by atoms with Gasteiger partial charge in [-0.3, -0.25) is 20.2 Å². The van der Waals surface area contributed by atoms with Crippen LogP contribution in [-0.4, -0.2) is 22.9 Å². The van der Waals surface area contributed by atoms with E-state index in [0.717, 1.165) is 10.0 Å². The minimum atomic E-state index is -0.542. The van der Waals surface area contributed by atoms with Crippen molar-refractivity contribution in [3.63, 3.8) is 0 Å². The normalized spacial score (nSPS) is 10.4. The van der Waals surface area contributed by atoms with Gasteiger partial charge in [-0.15, -0.1) is 11.3 Å². The molecule has 0 radical (unpaired) electrons. The topological polar surface area (TPSA) is 94.4 Å². The number of benzene rings is 2. The van der Waals surface area contributed by atoms with Crippen LogP contribution >= 0.6 is 27.3 Å². The second-order valence-corrected chi connectivity index (χ2v) is 6.86. The zero-order valence-electron chi connectivity index (χ0n) is 13.4. The number of nitro benzene ring substituents is 1. The van der Waals surface area contributed by atoms with E-state index in [1.165, 1.54) is 35.6 Å². The minimum Gasteiger partial charge on any atom is -0.496 e. The smallest absolute Gasteiger partial charge is 0.270 e. The number of thiazole rings is 1. The summed E-state index contributed by atoms with van der Waals surface area (Å²) in [6.07, 6.45) is 0. The van der Waals surface area contributed by atoms with E-state index in [2.05, 4.69) is 26.2 Å². The summed E-state index contributed by atoms with van der Waals surface area (Å²) in [4.78, 5) is 26.9. The van der Waals surface area contributed by atoms with Gasteiger partial charge in [0.05, 0.1) is 22.2 Å². The molecule has 1 aromatic heterocycles. The third-order valence-electron chi connectivity index (χ3n) is 3.49. The first-order chi connectivity index (χ1) is 12.5. The number of nitro groups is 1. The molecular weight excluding hydrogens is 422 g/mol. The SMILES string of the molecule is COc1ccc(-c2csc(NC(=O)c3cccc([N+](=O)[O-])c3)n2)cc1Br. The van der Waals surface area contributed by atoms with Crippen molar-refractivity contribution in [2.45, 2.75) is 0 Å². The van der Waals surface area contributed by atoms with Gasteiger partial charge in [0.15, 0.2) is 5.13 Å². The van der Waals surface area contributed by atoms with Crippen LogP contribution in [0.1, 0.15) is 10.4 Å². The van der Waals surface area contributed by atoms with Crippen LogP contribution < -0.4 is 10.1 Å². The molecule has 3 aromatic rings. The summed E-state index contributed by atoms with van der Waals surface area (Å²) in [7, 11) is 1.59. The molecule has 0 atom stereocenters. The van der Waals surface area contributed by atoms with E-state index in [0.29, 0.717) is 16.6 Å². The highest BCUT2D eigenvalue weighted by atomic mass is 79.9. The van der Waals surface area contributed by atoms with Crippen LogP contribution in [-0.2, 0) is 0 Å². The van der Waals surface area contributed by atoms with Crippen molar-refractivity contribution in [2.24, 2.45) is 0 Å². The van der Waals surface area contributed by atoms with E-state index in [1.54, 1.807) is 7.11 Å². The van der Waals surface area contributed by atoms with E-state index in [1.807, 2.05) is 23.6 Å². The summed E-state index contributed by atoms with van der Waals surface area (Å²) in [6, 6.07) is 11.1. The van der Waals surface area contributed by atoms with Crippen molar-refractivity contribution in [1.29, 1.82) is 0 Å². The third kappa shape index (κ3) is 3.89. The van der Waals surface area contributed by atoms with Gasteiger partial charge in [-0.2, -0.15) is 0 Å². The van der Waals surface area contributed by atoms with Crippen molar-refractivity contribution in [2.75, 3.05) is 12.4 Å². The molecule has 0 aliphatic heterocycles. The number of nitrogens with one attached hydrogen (secondary N) is 1.